The first-order chi connectivity index (χ1) is 66.9. The minimum atomic E-state index is 0.870. The van der Waals surface area contributed by atoms with Crippen molar-refractivity contribution in [3.63, 3.8) is 0 Å². The predicted molar refractivity (Wildman–Crippen MR) is 573 cm³/mol. The Morgan fingerprint density at radius 1 is 0.148 bits per heavy atom. The Balaban J connectivity index is 0.000000141. The molecule has 0 saturated heterocycles. The van der Waals surface area contributed by atoms with Gasteiger partial charge in [-0.15, -0.1) is 0 Å². The first kappa shape index (κ1) is 78.2. The van der Waals surface area contributed by atoms with Crippen LogP contribution in [0.5, 0.6) is 0 Å². The van der Waals surface area contributed by atoms with Gasteiger partial charge in [0.25, 0.3) is 0 Å². The molecule has 135 heavy (non-hydrogen) atoms. The van der Waals surface area contributed by atoms with E-state index in [1.54, 1.807) is 0 Å². The molecule has 27 aromatic rings. The molecule has 0 N–H and O–H groups in total. The van der Waals surface area contributed by atoms with E-state index in [1.165, 1.54) is 175 Å². The zero-order valence-electron chi connectivity index (χ0n) is 73.7. The van der Waals surface area contributed by atoms with Crippen molar-refractivity contribution >= 4 is 175 Å². The molecule has 24 aromatic carbocycles. The smallest absolute Gasteiger partial charge is 0.159 e. The van der Waals surface area contributed by atoms with Gasteiger partial charge < -0.3 is 23.4 Å². The van der Waals surface area contributed by atoms with E-state index in [9.17, 15) is 0 Å². The molecule has 0 aliphatic rings. The number of furan rings is 1. The number of aromatic nitrogens is 2. The topological polar surface area (TPSA) is 29.5 Å². The maximum Gasteiger partial charge on any atom is 0.159 e. The van der Waals surface area contributed by atoms with Crippen molar-refractivity contribution in [2.45, 2.75) is 0 Å². The largest absolute Gasteiger partial charge is 0.454 e. The summed E-state index contributed by atoms with van der Waals surface area (Å²) in [7, 11) is 0. The Labute approximate surface area is 780 Å². The summed E-state index contributed by atoms with van der Waals surface area (Å²) in [6.07, 6.45) is 0. The van der Waals surface area contributed by atoms with Crippen LogP contribution in [0, 0.1) is 0 Å². The average Bonchev–Trinajstić information content (AvgIpc) is 1.18. The van der Waals surface area contributed by atoms with Crippen LogP contribution in [0.3, 0.4) is 0 Å². The summed E-state index contributed by atoms with van der Waals surface area (Å²) in [6, 6.07) is 186. The van der Waals surface area contributed by atoms with Gasteiger partial charge in [-0.05, 0) is 282 Å². The van der Waals surface area contributed by atoms with Crippen molar-refractivity contribution in [1.29, 1.82) is 0 Å². The van der Waals surface area contributed by atoms with Crippen molar-refractivity contribution in [2.75, 3.05) is 9.80 Å². The summed E-state index contributed by atoms with van der Waals surface area (Å²) < 4.78 is 11.4. The fourth-order valence-electron chi connectivity index (χ4n) is 21.3. The van der Waals surface area contributed by atoms with Gasteiger partial charge in [-0.1, -0.05) is 364 Å². The lowest BCUT2D eigenvalue weighted by Crippen LogP contribution is -2.10. The zero-order valence-corrected chi connectivity index (χ0v) is 73.7. The maximum atomic E-state index is 6.57. The van der Waals surface area contributed by atoms with Crippen LogP contribution in [0.2, 0.25) is 0 Å². The third kappa shape index (κ3) is 13.5. The Morgan fingerprint density at radius 2 is 0.415 bits per heavy atom. The average molecular weight is 1720 g/mol. The number of hydrogen-bond donors (Lipinski definition) is 0. The Morgan fingerprint density at radius 3 is 0.867 bits per heavy atom. The van der Waals surface area contributed by atoms with Crippen LogP contribution in [0.4, 0.5) is 34.1 Å². The number of rotatable bonds is 14. The molecule has 0 radical (unpaired) electrons. The van der Waals surface area contributed by atoms with E-state index < -0.39 is 0 Å². The molecule has 5 heteroatoms. The van der Waals surface area contributed by atoms with Gasteiger partial charge in [-0.2, -0.15) is 0 Å². The standard InChI is InChI=1S/C66H42N2O.C64H42N2/c1-3-14-43(15-4-1)47-31-38-62-60(41-47)61-42-48(45-26-33-50(34-27-45)67(49-16-5-2-6-17-49)64-24-13-23-58-57-22-11-12-25-65(57)69-66(58)64)32-39-63(61)68(62)51-35-28-44(29-36-51)46-30-37-56-54-20-8-7-18-52(54)53-19-9-10-21-55(53)59(56)40-46;1-2-13-43(14-3-1)44-25-33-50(34-26-44)65(62-24-12-16-47-15-4-5-17-53(47)62)51-35-27-46(28-36-51)49-32-40-64-61(42-49)59-22-10-11-23-63(59)66(64)52-37-29-45(30-38-52)48-31-39-58-56-20-7-6-18-54(56)55-19-8-9-21-57(55)60(58)41-48/h1-42H;1-42H. The van der Waals surface area contributed by atoms with E-state index in [-0.39, 0.29) is 0 Å². The number of hydrogen-bond acceptors (Lipinski definition) is 3. The van der Waals surface area contributed by atoms with Gasteiger partial charge in [-0.3, -0.25) is 0 Å². The van der Waals surface area contributed by atoms with E-state index in [0.29, 0.717) is 0 Å². The molecule has 0 saturated carbocycles. The molecule has 27 rings (SSSR count). The van der Waals surface area contributed by atoms with Gasteiger partial charge in [0.05, 0.1) is 33.4 Å². The fourth-order valence-corrected chi connectivity index (χ4v) is 21.3. The van der Waals surface area contributed by atoms with Crippen LogP contribution in [-0.4, -0.2) is 9.13 Å². The molecule has 5 nitrogen and oxygen atoms in total. The van der Waals surface area contributed by atoms with Crippen LogP contribution >= 0.6 is 0 Å². The summed E-state index contributed by atoms with van der Waals surface area (Å²) in [5.41, 5.74) is 29.5. The normalized spacial score (nSPS) is 11.7. The number of fused-ring (bicyclic) bond motifs is 22. The molecule has 0 spiro atoms. The van der Waals surface area contributed by atoms with E-state index in [0.717, 1.165) is 78.6 Å². The number of nitrogens with zero attached hydrogens (tertiary/aromatic N) is 4. The number of anilines is 6. The Hall–Kier alpha value is -17.9. The van der Waals surface area contributed by atoms with Crippen molar-refractivity contribution < 1.29 is 4.42 Å². The highest BCUT2D eigenvalue weighted by molar-refractivity contribution is 6.28. The molecule has 0 atom stereocenters. The first-order valence-corrected chi connectivity index (χ1v) is 46.4. The van der Waals surface area contributed by atoms with Crippen molar-refractivity contribution in [3.8, 4) is 78.1 Å². The van der Waals surface area contributed by atoms with Crippen LogP contribution in [0.1, 0.15) is 0 Å². The second-order valence-corrected chi connectivity index (χ2v) is 35.3. The van der Waals surface area contributed by atoms with Gasteiger partial charge in [0.1, 0.15) is 5.58 Å². The highest BCUT2D eigenvalue weighted by Crippen LogP contribution is 2.48. The second-order valence-electron chi connectivity index (χ2n) is 35.3. The van der Waals surface area contributed by atoms with Gasteiger partial charge >= 0.3 is 0 Å². The van der Waals surface area contributed by atoms with Crippen molar-refractivity contribution in [1.82, 2.24) is 9.13 Å². The maximum absolute atomic E-state index is 6.57. The van der Waals surface area contributed by atoms with Crippen molar-refractivity contribution in [2.24, 2.45) is 0 Å². The van der Waals surface area contributed by atoms with Crippen molar-refractivity contribution in [3.05, 3.63) is 510 Å². The summed E-state index contributed by atoms with van der Waals surface area (Å²) in [4.78, 5) is 4.68. The lowest BCUT2D eigenvalue weighted by Gasteiger charge is -2.27. The van der Waals surface area contributed by atoms with Crippen LogP contribution < -0.4 is 9.80 Å². The zero-order chi connectivity index (χ0) is 89.0. The molecule has 3 aromatic heterocycles. The molecule has 0 aliphatic heterocycles. The summed E-state index contributed by atoms with van der Waals surface area (Å²) in [5.74, 6) is 0. The SMILES string of the molecule is c1ccc(-c2ccc(N(c3ccc(-c4ccc5c(c4)c4ccccc4n5-c4ccc(-c5ccc6c7ccccc7c7ccccc7c6c5)cc4)cc3)c3cccc4ccccc34)cc2)cc1.c1ccc(-c2ccc3c(c2)c2cc(-c4ccc(N(c5ccccc5)c5cccc6c5oc5ccccc56)cc4)ccc2n3-c2ccc(-c3ccc4c5ccccc5c5ccccc5c4c3)cc2)cc1. The van der Waals surface area contributed by atoms with Crippen LogP contribution in [0.15, 0.2) is 514 Å². The van der Waals surface area contributed by atoms with Crippen LogP contribution in [-0.2, 0) is 0 Å². The molecular formula is C130H84N4O. The summed E-state index contributed by atoms with van der Waals surface area (Å²) >= 11 is 0. The third-order valence-electron chi connectivity index (χ3n) is 27.7. The molecule has 3 heterocycles. The van der Waals surface area contributed by atoms with Gasteiger partial charge in [0.2, 0.25) is 0 Å². The highest BCUT2D eigenvalue weighted by Gasteiger charge is 2.24. The summed E-state index contributed by atoms with van der Waals surface area (Å²) in [6.45, 7) is 0. The minimum absolute atomic E-state index is 0.870. The van der Waals surface area contributed by atoms with Gasteiger partial charge in [0, 0.05) is 71.8 Å². The van der Waals surface area contributed by atoms with E-state index in [2.05, 4.69) is 516 Å². The van der Waals surface area contributed by atoms with Gasteiger partial charge in [-0.25, -0.2) is 0 Å². The van der Waals surface area contributed by atoms with Crippen LogP contribution in [0.25, 0.3) is 219 Å². The van der Waals surface area contributed by atoms with E-state index in [4.69, 9.17) is 4.42 Å². The second kappa shape index (κ2) is 32.6. The first-order valence-electron chi connectivity index (χ1n) is 46.4. The fraction of sp³-hybridized carbons (Fsp3) is 0. The minimum Gasteiger partial charge on any atom is -0.454 e. The molecule has 0 aliphatic carbocycles. The van der Waals surface area contributed by atoms with Gasteiger partial charge in [0.15, 0.2) is 5.58 Å². The molecule has 0 amide bonds. The van der Waals surface area contributed by atoms with E-state index in [1.807, 2.05) is 12.1 Å². The lowest BCUT2D eigenvalue weighted by molar-refractivity contribution is 0.669. The molecule has 630 valence electrons. The molecule has 0 bridgehead atoms. The Bertz CT molecular complexity index is 9250. The molecular weight excluding hydrogens is 1630 g/mol. The number of benzene rings is 24. The summed E-state index contributed by atoms with van der Waals surface area (Å²) in [5, 5.41) is 25.0. The molecule has 0 unspecified atom stereocenters. The number of para-hydroxylation sites is 4. The third-order valence-corrected chi connectivity index (χ3v) is 27.7. The Kier molecular flexibility index (Phi) is 18.9. The lowest BCUT2D eigenvalue weighted by atomic mass is 9.92. The quantitative estimate of drug-likeness (QED) is 0.102. The predicted octanol–water partition coefficient (Wildman–Crippen LogP) is 36.5. The van der Waals surface area contributed by atoms with E-state index >= 15 is 0 Å². The molecule has 0 fully saturated rings. The monoisotopic (exact) mass is 1720 g/mol. The highest BCUT2D eigenvalue weighted by atomic mass is 16.3.